The van der Waals surface area contributed by atoms with E-state index in [0.29, 0.717) is 17.2 Å². The molecule has 5 rings (SSSR count). The summed E-state index contributed by atoms with van der Waals surface area (Å²) in [5.74, 6) is 0.870. The number of nitrogens with one attached hydrogen (secondary N) is 2. The Morgan fingerprint density at radius 3 is 2.77 bits per heavy atom. The molecule has 2 atom stereocenters. The molecule has 0 saturated carbocycles. The molecule has 0 radical (unpaired) electrons. The molecular formula is C23H21N5O2. The number of nitrogens with zero attached hydrogens (tertiary/aromatic N) is 2. The number of aromatic amines is 1. The predicted octanol–water partition coefficient (Wildman–Crippen LogP) is 4.06. The van der Waals surface area contributed by atoms with Crippen LogP contribution in [0.4, 0.5) is 5.82 Å². The highest BCUT2D eigenvalue weighted by atomic mass is 16.6. The van der Waals surface area contributed by atoms with Gasteiger partial charge in [-0.2, -0.15) is 5.10 Å². The summed E-state index contributed by atoms with van der Waals surface area (Å²) in [4.78, 5) is 18.2. The van der Waals surface area contributed by atoms with Crippen LogP contribution < -0.4 is 11.1 Å². The van der Waals surface area contributed by atoms with Crippen LogP contribution in [0.1, 0.15) is 24.2 Å². The Morgan fingerprint density at radius 2 is 1.97 bits per heavy atom. The van der Waals surface area contributed by atoms with Crippen molar-refractivity contribution in [2.75, 3.05) is 5.73 Å². The van der Waals surface area contributed by atoms with Crippen LogP contribution in [0.2, 0.25) is 0 Å². The van der Waals surface area contributed by atoms with Gasteiger partial charge in [-0.15, -0.1) is 0 Å². The van der Waals surface area contributed by atoms with Gasteiger partial charge < -0.3 is 15.9 Å². The summed E-state index contributed by atoms with van der Waals surface area (Å²) >= 11 is 0. The highest BCUT2D eigenvalue weighted by Crippen LogP contribution is 2.33. The summed E-state index contributed by atoms with van der Waals surface area (Å²) < 4.78 is 0. The average Bonchev–Trinajstić information content (AvgIpc) is 3.30. The van der Waals surface area contributed by atoms with Crippen molar-refractivity contribution in [3.63, 3.8) is 0 Å². The van der Waals surface area contributed by atoms with Crippen LogP contribution in [-0.2, 0) is 4.84 Å². The van der Waals surface area contributed by atoms with Crippen molar-refractivity contribution < 1.29 is 9.63 Å². The molecule has 0 spiro atoms. The molecule has 7 nitrogen and oxygen atoms in total. The lowest BCUT2D eigenvalue weighted by Crippen LogP contribution is -2.35. The fourth-order valence-corrected chi connectivity index (χ4v) is 3.84. The molecule has 7 heteroatoms. The fraction of sp³-hybridized carbons (Fsp3) is 0.174. The van der Waals surface area contributed by atoms with Gasteiger partial charge >= 0.3 is 0 Å². The summed E-state index contributed by atoms with van der Waals surface area (Å²) in [6, 6.07) is 17.7. The first-order chi connectivity index (χ1) is 14.5. The maximum absolute atomic E-state index is 12.9. The molecule has 3 aromatic carbocycles. The minimum absolute atomic E-state index is 0.0384. The first-order valence-corrected chi connectivity index (χ1v) is 9.83. The van der Waals surface area contributed by atoms with E-state index < -0.39 is 0 Å². The van der Waals surface area contributed by atoms with Crippen molar-refractivity contribution in [2.24, 2.45) is 11.1 Å². The molecule has 2 unspecified atom stereocenters. The number of hydrogen-bond acceptors (Lipinski definition) is 5. The Kier molecular flexibility index (Phi) is 4.17. The van der Waals surface area contributed by atoms with Crippen molar-refractivity contribution >= 4 is 39.2 Å². The van der Waals surface area contributed by atoms with E-state index in [-0.39, 0.29) is 17.9 Å². The summed E-state index contributed by atoms with van der Waals surface area (Å²) in [7, 11) is 0. The number of rotatable bonds is 2. The SMILES string of the molecule is CC1ON=C(NC(=O)c2cccc3cc(-c4cccc5[nH]nc(N)c45)ccc23)C1C. The molecule has 1 aromatic heterocycles. The molecular weight excluding hydrogens is 378 g/mol. The van der Waals surface area contributed by atoms with Gasteiger partial charge in [-0.25, -0.2) is 0 Å². The van der Waals surface area contributed by atoms with E-state index in [4.69, 9.17) is 10.6 Å². The Labute approximate surface area is 172 Å². The Hall–Kier alpha value is -3.87. The van der Waals surface area contributed by atoms with Crippen LogP contribution in [0.3, 0.4) is 0 Å². The largest absolute Gasteiger partial charge is 0.391 e. The second-order valence-corrected chi connectivity index (χ2v) is 7.61. The summed E-state index contributed by atoms with van der Waals surface area (Å²) in [5.41, 5.74) is 9.56. The van der Waals surface area contributed by atoms with Crippen molar-refractivity contribution in [3.8, 4) is 11.1 Å². The zero-order chi connectivity index (χ0) is 20.8. The number of hydrogen-bond donors (Lipinski definition) is 3. The lowest BCUT2D eigenvalue weighted by Gasteiger charge is -2.12. The maximum atomic E-state index is 12.9. The van der Waals surface area contributed by atoms with E-state index in [1.54, 1.807) is 0 Å². The van der Waals surface area contributed by atoms with E-state index in [1.807, 2.05) is 62.4 Å². The fourth-order valence-electron chi connectivity index (χ4n) is 3.84. The van der Waals surface area contributed by atoms with Gasteiger partial charge in [-0.05, 0) is 47.0 Å². The molecule has 1 aliphatic rings. The summed E-state index contributed by atoms with van der Waals surface area (Å²) in [6.07, 6.45) is -0.0477. The molecule has 0 saturated heterocycles. The molecule has 4 N–H and O–H groups in total. The van der Waals surface area contributed by atoms with E-state index in [2.05, 4.69) is 26.7 Å². The maximum Gasteiger partial charge on any atom is 0.257 e. The van der Waals surface area contributed by atoms with E-state index >= 15 is 0 Å². The zero-order valence-corrected chi connectivity index (χ0v) is 16.6. The Bertz CT molecular complexity index is 1320. The van der Waals surface area contributed by atoms with Gasteiger partial charge in [-0.3, -0.25) is 9.89 Å². The highest BCUT2D eigenvalue weighted by Gasteiger charge is 2.28. The first kappa shape index (κ1) is 18.2. The van der Waals surface area contributed by atoms with Crippen molar-refractivity contribution in [2.45, 2.75) is 20.0 Å². The lowest BCUT2D eigenvalue weighted by molar-refractivity contribution is 0.0799. The predicted molar refractivity (Wildman–Crippen MR) is 118 cm³/mol. The van der Waals surface area contributed by atoms with Crippen LogP contribution in [0.15, 0.2) is 59.8 Å². The first-order valence-electron chi connectivity index (χ1n) is 9.83. The van der Waals surface area contributed by atoms with Gasteiger partial charge in [0.05, 0.1) is 16.8 Å². The van der Waals surface area contributed by atoms with Crippen LogP contribution in [0.5, 0.6) is 0 Å². The second kappa shape index (κ2) is 6.88. The third-order valence-electron chi connectivity index (χ3n) is 5.75. The number of carbonyl (C=O) groups excluding carboxylic acids is 1. The zero-order valence-electron chi connectivity index (χ0n) is 16.6. The monoisotopic (exact) mass is 399 g/mol. The van der Waals surface area contributed by atoms with Crippen molar-refractivity contribution in [3.05, 3.63) is 60.2 Å². The normalized spacial score (nSPS) is 18.4. The number of aromatic nitrogens is 2. The molecule has 0 fully saturated rings. The smallest absolute Gasteiger partial charge is 0.257 e. The Morgan fingerprint density at radius 1 is 1.13 bits per heavy atom. The third kappa shape index (κ3) is 2.86. The van der Waals surface area contributed by atoms with Crippen LogP contribution in [0, 0.1) is 5.92 Å². The van der Waals surface area contributed by atoms with Gasteiger partial charge in [0.1, 0.15) is 6.10 Å². The van der Waals surface area contributed by atoms with E-state index in [9.17, 15) is 4.79 Å². The number of nitrogen functional groups attached to an aromatic ring is 1. The highest BCUT2D eigenvalue weighted by molar-refractivity contribution is 6.14. The van der Waals surface area contributed by atoms with Crippen LogP contribution >= 0.6 is 0 Å². The number of benzene rings is 3. The average molecular weight is 399 g/mol. The number of H-pyrrole nitrogens is 1. The number of amides is 1. The summed E-state index contributed by atoms with van der Waals surface area (Å²) in [5, 5.41) is 16.7. The van der Waals surface area contributed by atoms with Crippen molar-refractivity contribution in [1.29, 1.82) is 0 Å². The third-order valence-corrected chi connectivity index (χ3v) is 5.75. The van der Waals surface area contributed by atoms with Crippen LogP contribution in [0.25, 0.3) is 32.8 Å². The number of fused-ring (bicyclic) bond motifs is 2. The molecule has 2 heterocycles. The number of oxime groups is 1. The molecule has 0 bridgehead atoms. The molecule has 150 valence electrons. The topological polar surface area (TPSA) is 105 Å². The number of carbonyl (C=O) groups is 1. The number of anilines is 1. The van der Waals surface area contributed by atoms with E-state index in [1.165, 1.54) is 0 Å². The standard InChI is InChI=1S/C23H21N5O2/c1-12-13(2)30-28-22(12)25-23(29)18-7-3-5-14-11-15(9-10-16(14)18)17-6-4-8-19-20(17)21(24)27-26-19/h3-13H,1-2H3,(H3,24,26,27)(H,25,28,29). The molecule has 30 heavy (non-hydrogen) atoms. The van der Waals surface area contributed by atoms with Gasteiger partial charge in [0.15, 0.2) is 11.7 Å². The van der Waals surface area contributed by atoms with E-state index in [0.717, 1.165) is 32.8 Å². The van der Waals surface area contributed by atoms with Crippen LogP contribution in [-0.4, -0.2) is 28.0 Å². The van der Waals surface area contributed by atoms with Crippen molar-refractivity contribution in [1.82, 2.24) is 15.5 Å². The minimum Gasteiger partial charge on any atom is -0.391 e. The number of nitrogens with two attached hydrogens (primary N) is 1. The van der Waals surface area contributed by atoms with Gasteiger partial charge in [-0.1, -0.05) is 48.5 Å². The number of amidine groups is 1. The molecule has 0 aliphatic carbocycles. The Balaban J connectivity index is 1.54. The molecule has 1 amide bonds. The lowest BCUT2D eigenvalue weighted by atomic mass is 9.96. The van der Waals surface area contributed by atoms with Gasteiger partial charge in [0.2, 0.25) is 0 Å². The molecule has 4 aromatic rings. The quantitative estimate of drug-likeness (QED) is 0.472. The second-order valence-electron chi connectivity index (χ2n) is 7.61. The molecule has 1 aliphatic heterocycles. The minimum atomic E-state index is -0.196. The summed E-state index contributed by atoms with van der Waals surface area (Å²) in [6.45, 7) is 3.91. The van der Waals surface area contributed by atoms with Gasteiger partial charge in [0, 0.05) is 5.56 Å². The van der Waals surface area contributed by atoms with Gasteiger partial charge in [0.25, 0.3) is 5.91 Å².